The van der Waals surface area contributed by atoms with E-state index in [2.05, 4.69) is 5.32 Å². The zero-order valence-electron chi connectivity index (χ0n) is 7.42. The maximum absolute atomic E-state index is 10.3. The third-order valence-electron chi connectivity index (χ3n) is 1.91. The Labute approximate surface area is 72.6 Å². The lowest BCUT2D eigenvalue weighted by Crippen LogP contribution is -1.98. The molecule has 0 aliphatic rings. The number of rotatable bonds is 3. The lowest BCUT2D eigenvalue weighted by atomic mass is 10.1. The Balaban J connectivity index is 3.08. The molecule has 64 valence electrons. The minimum absolute atomic E-state index is 0.484. The molecule has 0 aliphatic carbocycles. The van der Waals surface area contributed by atoms with Crippen LogP contribution in [0.1, 0.15) is 11.1 Å². The Morgan fingerprint density at radius 3 is 2.83 bits per heavy atom. The molecule has 0 spiro atoms. The van der Waals surface area contributed by atoms with Crippen molar-refractivity contribution >= 4 is 12.0 Å². The SMILES string of the molecule is CNc1c(C)cccc1CC=O. The van der Waals surface area contributed by atoms with Crippen LogP contribution < -0.4 is 5.32 Å². The highest BCUT2D eigenvalue weighted by Gasteiger charge is 2.01. The fourth-order valence-corrected chi connectivity index (χ4v) is 1.35. The van der Waals surface area contributed by atoms with E-state index in [1.807, 2.05) is 32.2 Å². The van der Waals surface area contributed by atoms with Gasteiger partial charge in [0.25, 0.3) is 0 Å². The molecular weight excluding hydrogens is 150 g/mol. The monoisotopic (exact) mass is 163 g/mol. The van der Waals surface area contributed by atoms with Crippen molar-refractivity contribution in [1.29, 1.82) is 0 Å². The van der Waals surface area contributed by atoms with Gasteiger partial charge in [-0.3, -0.25) is 0 Å². The van der Waals surface area contributed by atoms with E-state index in [0.29, 0.717) is 6.42 Å². The van der Waals surface area contributed by atoms with E-state index in [0.717, 1.165) is 17.5 Å². The summed E-state index contributed by atoms with van der Waals surface area (Å²) in [5, 5.41) is 3.09. The van der Waals surface area contributed by atoms with E-state index in [4.69, 9.17) is 0 Å². The van der Waals surface area contributed by atoms with E-state index >= 15 is 0 Å². The average Bonchev–Trinajstić information content (AvgIpc) is 2.05. The van der Waals surface area contributed by atoms with Gasteiger partial charge in [-0.2, -0.15) is 0 Å². The average molecular weight is 163 g/mol. The molecule has 0 unspecified atom stereocenters. The first-order valence-electron chi connectivity index (χ1n) is 3.99. The van der Waals surface area contributed by atoms with Crippen LogP contribution in [0.25, 0.3) is 0 Å². The molecular formula is C10H13NO. The fraction of sp³-hybridized carbons (Fsp3) is 0.300. The van der Waals surface area contributed by atoms with Crippen LogP contribution >= 0.6 is 0 Å². The predicted molar refractivity (Wildman–Crippen MR) is 50.5 cm³/mol. The second-order valence-corrected chi connectivity index (χ2v) is 2.73. The van der Waals surface area contributed by atoms with Crippen LogP contribution in [0.4, 0.5) is 5.69 Å². The number of hydrogen-bond acceptors (Lipinski definition) is 2. The molecule has 0 fully saturated rings. The second kappa shape index (κ2) is 3.90. The van der Waals surface area contributed by atoms with Gasteiger partial charge in [0.15, 0.2) is 0 Å². The van der Waals surface area contributed by atoms with Gasteiger partial charge in [-0.1, -0.05) is 18.2 Å². The maximum atomic E-state index is 10.3. The van der Waals surface area contributed by atoms with E-state index in [1.165, 1.54) is 5.56 Å². The predicted octanol–water partition coefficient (Wildman–Crippen LogP) is 1.78. The highest BCUT2D eigenvalue weighted by atomic mass is 16.1. The first-order valence-corrected chi connectivity index (χ1v) is 3.99. The molecule has 0 saturated carbocycles. The van der Waals surface area contributed by atoms with Crippen LogP contribution in [-0.2, 0) is 11.2 Å². The quantitative estimate of drug-likeness (QED) is 0.688. The van der Waals surface area contributed by atoms with Gasteiger partial charge >= 0.3 is 0 Å². The zero-order valence-corrected chi connectivity index (χ0v) is 7.42. The van der Waals surface area contributed by atoms with Crippen molar-refractivity contribution in [1.82, 2.24) is 0 Å². The topological polar surface area (TPSA) is 29.1 Å². The van der Waals surface area contributed by atoms with Crippen molar-refractivity contribution in [2.75, 3.05) is 12.4 Å². The number of carbonyl (C=O) groups is 1. The van der Waals surface area contributed by atoms with Crippen LogP contribution in [0.5, 0.6) is 0 Å². The molecule has 1 rings (SSSR count). The molecule has 0 radical (unpaired) electrons. The molecule has 0 bridgehead atoms. The van der Waals surface area contributed by atoms with Gasteiger partial charge in [0.2, 0.25) is 0 Å². The number of benzene rings is 1. The third kappa shape index (κ3) is 1.64. The largest absolute Gasteiger partial charge is 0.388 e. The molecule has 12 heavy (non-hydrogen) atoms. The van der Waals surface area contributed by atoms with Gasteiger partial charge in [0.1, 0.15) is 6.29 Å². The van der Waals surface area contributed by atoms with E-state index in [9.17, 15) is 4.79 Å². The number of para-hydroxylation sites is 1. The molecule has 1 aromatic rings. The molecule has 1 N–H and O–H groups in total. The third-order valence-corrected chi connectivity index (χ3v) is 1.91. The number of aldehydes is 1. The summed E-state index contributed by atoms with van der Waals surface area (Å²) in [5.41, 5.74) is 3.31. The standard InChI is InChI=1S/C10H13NO/c1-8-4-3-5-9(6-7-12)10(8)11-2/h3-5,7,11H,6H2,1-2H3. The summed E-state index contributed by atoms with van der Waals surface area (Å²) in [4.78, 5) is 10.3. The van der Waals surface area contributed by atoms with Crippen LogP contribution in [0.15, 0.2) is 18.2 Å². The van der Waals surface area contributed by atoms with Gasteiger partial charge in [0.05, 0.1) is 0 Å². The Bertz CT molecular complexity index is 281. The molecule has 0 aromatic heterocycles. The number of carbonyl (C=O) groups excluding carboxylic acids is 1. The Morgan fingerprint density at radius 1 is 1.50 bits per heavy atom. The van der Waals surface area contributed by atoms with Gasteiger partial charge in [-0.05, 0) is 18.1 Å². The summed E-state index contributed by atoms with van der Waals surface area (Å²) < 4.78 is 0. The van der Waals surface area contributed by atoms with Crippen LogP contribution in [0, 0.1) is 6.92 Å². The lowest BCUT2D eigenvalue weighted by molar-refractivity contribution is -0.107. The first-order chi connectivity index (χ1) is 5.79. The van der Waals surface area contributed by atoms with Crippen molar-refractivity contribution in [3.63, 3.8) is 0 Å². The van der Waals surface area contributed by atoms with Gasteiger partial charge in [-0.25, -0.2) is 0 Å². The van der Waals surface area contributed by atoms with E-state index in [1.54, 1.807) is 0 Å². The molecule has 0 aliphatic heterocycles. The fourth-order valence-electron chi connectivity index (χ4n) is 1.35. The highest BCUT2D eigenvalue weighted by Crippen LogP contribution is 2.19. The summed E-state index contributed by atoms with van der Waals surface area (Å²) in [6.07, 6.45) is 1.41. The summed E-state index contributed by atoms with van der Waals surface area (Å²) in [6, 6.07) is 5.96. The highest BCUT2D eigenvalue weighted by molar-refractivity contribution is 5.65. The molecule has 0 saturated heterocycles. The molecule has 0 atom stereocenters. The molecule has 2 heteroatoms. The Morgan fingerprint density at radius 2 is 2.25 bits per heavy atom. The molecule has 0 amide bonds. The number of hydrogen-bond donors (Lipinski definition) is 1. The Kier molecular flexibility index (Phi) is 2.86. The van der Waals surface area contributed by atoms with E-state index in [-0.39, 0.29) is 0 Å². The van der Waals surface area contributed by atoms with Crippen LogP contribution in [0.2, 0.25) is 0 Å². The molecule has 0 heterocycles. The van der Waals surface area contributed by atoms with Gasteiger partial charge in [0, 0.05) is 19.2 Å². The number of aryl methyl sites for hydroxylation is 1. The van der Waals surface area contributed by atoms with Gasteiger partial charge in [-0.15, -0.1) is 0 Å². The van der Waals surface area contributed by atoms with Gasteiger partial charge < -0.3 is 10.1 Å². The van der Waals surface area contributed by atoms with Crippen molar-refractivity contribution in [3.8, 4) is 0 Å². The normalized spacial score (nSPS) is 9.50. The molecule has 1 aromatic carbocycles. The summed E-state index contributed by atoms with van der Waals surface area (Å²) in [6.45, 7) is 2.03. The van der Waals surface area contributed by atoms with Crippen molar-refractivity contribution in [2.24, 2.45) is 0 Å². The minimum Gasteiger partial charge on any atom is -0.388 e. The minimum atomic E-state index is 0.484. The zero-order chi connectivity index (χ0) is 8.97. The molecule has 2 nitrogen and oxygen atoms in total. The summed E-state index contributed by atoms with van der Waals surface area (Å²) >= 11 is 0. The Hall–Kier alpha value is -1.31. The van der Waals surface area contributed by atoms with Crippen LogP contribution in [-0.4, -0.2) is 13.3 Å². The smallest absolute Gasteiger partial charge is 0.124 e. The van der Waals surface area contributed by atoms with Crippen molar-refractivity contribution in [2.45, 2.75) is 13.3 Å². The second-order valence-electron chi connectivity index (χ2n) is 2.73. The van der Waals surface area contributed by atoms with Crippen molar-refractivity contribution < 1.29 is 4.79 Å². The number of anilines is 1. The van der Waals surface area contributed by atoms with Crippen LogP contribution in [0.3, 0.4) is 0 Å². The summed E-state index contributed by atoms with van der Waals surface area (Å²) in [5.74, 6) is 0. The van der Waals surface area contributed by atoms with Crippen molar-refractivity contribution in [3.05, 3.63) is 29.3 Å². The van der Waals surface area contributed by atoms with E-state index < -0.39 is 0 Å². The lowest BCUT2D eigenvalue weighted by Gasteiger charge is -2.09. The maximum Gasteiger partial charge on any atom is 0.124 e. The number of nitrogens with one attached hydrogen (secondary N) is 1. The summed E-state index contributed by atoms with van der Waals surface area (Å²) in [7, 11) is 1.87. The first kappa shape index (κ1) is 8.78.